The van der Waals surface area contributed by atoms with Crippen molar-refractivity contribution in [3.05, 3.63) is 118 Å². The highest BCUT2D eigenvalue weighted by atomic mass is 35.5. The highest BCUT2D eigenvalue weighted by Crippen LogP contribution is 2.32. The van der Waals surface area contributed by atoms with E-state index < -0.39 is 51.3 Å². The van der Waals surface area contributed by atoms with Crippen molar-refractivity contribution >= 4 is 38.9 Å². The molecule has 0 saturated heterocycles. The van der Waals surface area contributed by atoms with Gasteiger partial charge in [-0.15, -0.1) is 0 Å². The molecule has 0 saturated carbocycles. The number of halogens is 5. The van der Waals surface area contributed by atoms with Crippen molar-refractivity contribution in [2.75, 3.05) is 11.9 Å². The topological polar surface area (TPSA) is 121 Å². The molecule has 4 aromatic rings. The molecule has 1 aromatic heterocycles. The van der Waals surface area contributed by atoms with Crippen molar-refractivity contribution in [2.45, 2.75) is 24.5 Å². The van der Waals surface area contributed by atoms with Crippen LogP contribution in [0.3, 0.4) is 0 Å². The molecule has 1 heterocycles. The molecule has 4 rings (SSSR count). The molecule has 1 atom stereocenters. The van der Waals surface area contributed by atoms with Gasteiger partial charge < -0.3 is 10.1 Å². The van der Waals surface area contributed by atoms with Gasteiger partial charge in [0, 0.05) is 35.2 Å². The third-order valence-electron chi connectivity index (χ3n) is 6.04. The zero-order valence-corrected chi connectivity index (χ0v) is 23.9. The number of alkyl halides is 3. The summed E-state index contributed by atoms with van der Waals surface area (Å²) in [5.41, 5.74) is -0.610. The fraction of sp³-hybridized carbons (Fsp3) is 0.138. The normalized spacial score (nSPS) is 12.8. The second kappa shape index (κ2) is 12.9. The Balaban J connectivity index is 1.45. The zero-order chi connectivity index (χ0) is 31.4. The maximum Gasteiger partial charge on any atom is 0.416 e. The van der Waals surface area contributed by atoms with Crippen molar-refractivity contribution in [1.82, 2.24) is 9.71 Å². The van der Waals surface area contributed by atoms with Gasteiger partial charge in [-0.25, -0.2) is 18.1 Å². The molecule has 14 heteroatoms. The zero-order valence-electron chi connectivity index (χ0n) is 22.3. The van der Waals surface area contributed by atoms with Crippen molar-refractivity contribution in [3.8, 4) is 5.75 Å². The van der Waals surface area contributed by atoms with Crippen LogP contribution in [0.5, 0.6) is 5.75 Å². The number of ether oxygens (including phenoxy) is 1. The van der Waals surface area contributed by atoms with Crippen LogP contribution in [0.2, 0.25) is 5.02 Å². The fourth-order valence-corrected chi connectivity index (χ4v) is 5.21. The molecule has 0 spiro atoms. The Bertz CT molecular complexity index is 1790. The molecule has 3 aromatic carbocycles. The van der Waals surface area contributed by atoms with E-state index in [2.05, 4.69) is 15.0 Å². The Labute approximate surface area is 249 Å². The number of amides is 1. The van der Waals surface area contributed by atoms with E-state index in [0.29, 0.717) is 23.4 Å². The predicted octanol–water partition coefficient (Wildman–Crippen LogP) is 6.56. The van der Waals surface area contributed by atoms with E-state index in [9.17, 15) is 31.4 Å². The van der Waals surface area contributed by atoms with Gasteiger partial charge in [-0.05, 0) is 78.7 Å². The summed E-state index contributed by atoms with van der Waals surface area (Å²) >= 11 is 5.98. The Hall–Kier alpha value is -4.33. The Morgan fingerprint density at radius 3 is 2.51 bits per heavy atom. The van der Waals surface area contributed by atoms with E-state index in [1.165, 1.54) is 30.3 Å². The fourth-order valence-electron chi connectivity index (χ4n) is 3.90. The van der Waals surface area contributed by atoms with Gasteiger partial charge in [-0.3, -0.25) is 14.6 Å². The van der Waals surface area contributed by atoms with Crippen molar-refractivity contribution in [2.24, 2.45) is 0 Å². The quantitative estimate of drug-likeness (QED) is 0.135. The lowest BCUT2D eigenvalue weighted by atomic mass is 10.00. The number of hydrogen-bond acceptors (Lipinski definition) is 6. The third-order valence-corrected chi connectivity index (χ3v) is 7.74. The van der Waals surface area contributed by atoms with Crippen LogP contribution in [0.15, 0.2) is 84.0 Å². The van der Waals surface area contributed by atoms with Crippen LogP contribution in [-0.4, -0.2) is 27.5 Å². The van der Waals surface area contributed by atoms with Crippen LogP contribution in [0.4, 0.5) is 23.2 Å². The molecule has 224 valence electrons. The van der Waals surface area contributed by atoms with E-state index >= 15 is 0 Å². The van der Waals surface area contributed by atoms with Crippen LogP contribution >= 0.6 is 11.6 Å². The molecule has 43 heavy (non-hydrogen) atoms. The highest BCUT2D eigenvalue weighted by molar-refractivity contribution is 7.90. The monoisotopic (exact) mass is 634 g/mol. The molecule has 1 amide bonds. The summed E-state index contributed by atoms with van der Waals surface area (Å²) in [7, 11) is -3.37. The summed E-state index contributed by atoms with van der Waals surface area (Å²) in [6, 6.07) is 13.1. The smallest absolute Gasteiger partial charge is 0.416 e. The first kappa shape index (κ1) is 31.6. The summed E-state index contributed by atoms with van der Waals surface area (Å²) in [6.07, 6.45) is -1.70. The molecule has 8 nitrogen and oxygen atoms in total. The minimum atomic E-state index is -4.88. The summed E-state index contributed by atoms with van der Waals surface area (Å²) in [5.74, 6) is -3.07. The lowest BCUT2D eigenvalue weighted by Crippen LogP contribution is -2.23. The Morgan fingerprint density at radius 2 is 1.84 bits per heavy atom. The minimum absolute atomic E-state index is 0.0595. The number of ketones is 1. The summed E-state index contributed by atoms with van der Waals surface area (Å²) in [4.78, 5) is 29.9. The maximum absolute atomic E-state index is 13.9. The lowest BCUT2D eigenvalue weighted by molar-refractivity contribution is -0.137. The standard InChI is InChI=1S/C29H23ClF4N4O4S/c1-17-9-23(43(35,41)37-15-18-3-2-8-36-14-18)5-6-25(17)38-27(39)16-42-26-7-4-21(30)13-24(26)28(40)19-10-20(29(32,33)34)12-22(31)11-19/h2-14H,15-16H2,1H3,(H,38,39)(H2,35,37,41). The van der Waals surface area contributed by atoms with Gasteiger partial charge >= 0.3 is 6.18 Å². The molecular formula is C29H23ClF4N4O4S. The first-order valence-corrected chi connectivity index (χ1v) is 14.3. The van der Waals surface area contributed by atoms with Crippen LogP contribution in [0.1, 0.15) is 32.6 Å². The number of aryl methyl sites for hydroxylation is 1. The van der Waals surface area contributed by atoms with Gasteiger partial charge in [0.15, 0.2) is 12.4 Å². The van der Waals surface area contributed by atoms with Crippen LogP contribution in [0, 0.1) is 17.5 Å². The summed E-state index contributed by atoms with van der Waals surface area (Å²) in [6.45, 7) is 1.19. The molecule has 0 bridgehead atoms. The first-order valence-electron chi connectivity index (χ1n) is 12.4. The number of benzene rings is 3. The second-order valence-corrected chi connectivity index (χ2v) is 11.6. The predicted molar refractivity (Wildman–Crippen MR) is 152 cm³/mol. The summed E-state index contributed by atoms with van der Waals surface area (Å²) < 4.78 is 82.7. The SMILES string of the molecule is Cc1cc(S(=N)(=O)NCc2cccnc2)ccc1NC(=O)COc1ccc(Cl)cc1C(=O)c1cc(F)cc(C(F)(F)F)c1. The number of nitrogens with zero attached hydrogens (tertiary/aromatic N) is 1. The highest BCUT2D eigenvalue weighted by Gasteiger charge is 2.32. The van der Waals surface area contributed by atoms with Crippen LogP contribution in [-0.2, 0) is 27.4 Å². The van der Waals surface area contributed by atoms with Gasteiger partial charge in [-0.2, -0.15) is 13.2 Å². The van der Waals surface area contributed by atoms with E-state index in [4.69, 9.17) is 21.1 Å². The Morgan fingerprint density at radius 1 is 1.07 bits per heavy atom. The first-order chi connectivity index (χ1) is 20.2. The number of carbonyl (C=O) groups is 2. The van der Waals surface area contributed by atoms with Crippen LogP contribution in [0.25, 0.3) is 0 Å². The second-order valence-electron chi connectivity index (χ2n) is 9.25. The number of carbonyl (C=O) groups excluding carboxylic acids is 2. The number of rotatable bonds is 10. The molecule has 1 unspecified atom stereocenters. The van der Waals surface area contributed by atoms with E-state index in [-0.39, 0.29) is 33.8 Å². The lowest BCUT2D eigenvalue weighted by Gasteiger charge is -2.15. The molecule has 0 aliphatic heterocycles. The molecule has 0 aliphatic carbocycles. The van der Waals surface area contributed by atoms with Crippen molar-refractivity contribution in [1.29, 1.82) is 4.78 Å². The largest absolute Gasteiger partial charge is 0.483 e. The van der Waals surface area contributed by atoms with Gasteiger partial charge in [-0.1, -0.05) is 17.7 Å². The third kappa shape index (κ3) is 8.15. The van der Waals surface area contributed by atoms with Gasteiger partial charge in [0.25, 0.3) is 5.91 Å². The number of hydrogen-bond donors (Lipinski definition) is 3. The molecule has 3 N–H and O–H groups in total. The van der Waals surface area contributed by atoms with Crippen LogP contribution < -0.4 is 14.8 Å². The van der Waals surface area contributed by atoms with Gasteiger partial charge in [0.1, 0.15) is 21.5 Å². The minimum Gasteiger partial charge on any atom is -0.483 e. The van der Waals surface area contributed by atoms with E-state index in [0.717, 1.165) is 11.6 Å². The molecule has 0 radical (unpaired) electrons. The van der Waals surface area contributed by atoms with Gasteiger partial charge in [0.2, 0.25) is 0 Å². The van der Waals surface area contributed by atoms with E-state index in [1.54, 1.807) is 31.5 Å². The number of nitrogens with one attached hydrogen (secondary N) is 3. The molecule has 0 aliphatic rings. The Kier molecular flexibility index (Phi) is 9.48. The average molecular weight is 635 g/mol. The average Bonchev–Trinajstić information content (AvgIpc) is 2.96. The molecular weight excluding hydrogens is 612 g/mol. The van der Waals surface area contributed by atoms with Crippen molar-refractivity contribution < 1.29 is 36.1 Å². The maximum atomic E-state index is 13.9. The summed E-state index contributed by atoms with van der Waals surface area (Å²) in [5, 5.41) is 2.67. The van der Waals surface area contributed by atoms with Crippen molar-refractivity contribution in [3.63, 3.8) is 0 Å². The number of aromatic nitrogens is 1. The number of pyridine rings is 1. The number of anilines is 1. The van der Waals surface area contributed by atoms with E-state index in [1.807, 2.05) is 0 Å². The van der Waals surface area contributed by atoms with Gasteiger partial charge in [0.05, 0.1) is 16.0 Å². The molecule has 0 fully saturated rings.